The number of carbonyl (C=O) groups excluding carboxylic acids is 3. The van der Waals surface area contributed by atoms with Crippen molar-refractivity contribution >= 4 is 35.3 Å². The van der Waals surface area contributed by atoms with Crippen LogP contribution in [0.3, 0.4) is 0 Å². The van der Waals surface area contributed by atoms with Crippen molar-refractivity contribution in [1.82, 2.24) is 21.3 Å². The van der Waals surface area contributed by atoms with Crippen LogP contribution in [0.2, 0.25) is 0 Å². The first kappa shape index (κ1) is 25.5. The van der Waals surface area contributed by atoms with Gasteiger partial charge < -0.3 is 26.0 Å². The number of piperidine rings is 1. The van der Waals surface area contributed by atoms with Gasteiger partial charge in [-0.1, -0.05) is 36.5 Å². The molecule has 2 aromatic rings. The van der Waals surface area contributed by atoms with Gasteiger partial charge in [0.2, 0.25) is 5.91 Å². The van der Waals surface area contributed by atoms with Gasteiger partial charge in [0.15, 0.2) is 0 Å². The summed E-state index contributed by atoms with van der Waals surface area (Å²) in [6.45, 7) is 4.25. The van der Waals surface area contributed by atoms with Crippen LogP contribution in [0.25, 0.3) is 0 Å². The molecule has 39 heavy (non-hydrogen) atoms. The molecule has 4 aliphatic rings. The molecule has 2 saturated heterocycles. The van der Waals surface area contributed by atoms with E-state index in [2.05, 4.69) is 27.8 Å². The van der Waals surface area contributed by atoms with Crippen molar-refractivity contribution in [3.8, 4) is 11.5 Å². The Bertz CT molecular complexity index is 1310. The van der Waals surface area contributed by atoms with Gasteiger partial charge in [-0.05, 0) is 74.7 Å². The molecule has 0 spiro atoms. The van der Waals surface area contributed by atoms with E-state index >= 15 is 0 Å². The SMILES string of the molecule is C=CC(=O)N[C@@H]1CC[C@H](NC(=O)C2=C3NC(=O)N(c4ccc(Oc5ccccc5)cc4)C4CCNC(S2)C34)C1. The second-order valence-electron chi connectivity index (χ2n) is 10.2. The van der Waals surface area contributed by atoms with Crippen molar-refractivity contribution < 1.29 is 19.1 Å². The summed E-state index contributed by atoms with van der Waals surface area (Å²) < 4.78 is 5.92. The van der Waals surface area contributed by atoms with E-state index in [-0.39, 0.29) is 47.3 Å². The van der Waals surface area contributed by atoms with Crippen molar-refractivity contribution in [3.63, 3.8) is 0 Å². The third kappa shape index (κ3) is 5.14. The van der Waals surface area contributed by atoms with Gasteiger partial charge in [0, 0.05) is 29.4 Å². The van der Waals surface area contributed by atoms with E-state index in [1.54, 1.807) is 0 Å². The molecule has 5 atom stereocenters. The summed E-state index contributed by atoms with van der Waals surface area (Å²) in [4.78, 5) is 40.8. The summed E-state index contributed by atoms with van der Waals surface area (Å²) >= 11 is 1.49. The van der Waals surface area contributed by atoms with Crippen molar-refractivity contribution in [3.05, 3.63) is 77.9 Å². The van der Waals surface area contributed by atoms with Crippen molar-refractivity contribution in [2.75, 3.05) is 11.4 Å². The zero-order chi connectivity index (χ0) is 26.9. The first-order valence-corrected chi connectivity index (χ1v) is 14.2. The van der Waals surface area contributed by atoms with E-state index in [0.29, 0.717) is 22.8 Å². The normalized spacial score (nSPS) is 27.4. The van der Waals surface area contributed by atoms with Gasteiger partial charge in [0.05, 0.1) is 16.3 Å². The number of amides is 4. The summed E-state index contributed by atoms with van der Waals surface area (Å²) in [6, 6.07) is 16.8. The Morgan fingerprint density at radius 1 is 1.00 bits per heavy atom. The fourth-order valence-electron chi connectivity index (χ4n) is 5.98. The third-order valence-corrected chi connectivity index (χ3v) is 9.10. The van der Waals surface area contributed by atoms with Crippen LogP contribution in [-0.4, -0.2) is 47.9 Å². The molecule has 4 amide bonds. The quantitative estimate of drug-likeness (QED) is 0.396. The molecule has 0 aromatic heterocycles. The lowest BCUT2D eigenvalue weighted by atomic mass is 9.86. The van der Waals surface area contributed by atoms with E-state index < -0.39 is 0 Å². The van der Waals surface area contributed by atoms with Gasteiger partial charge in [-0.15, -0.1) is 0 Å². The van der Waals surface area contributed by atoms with Crippen molar-refractivity contribution in [2.24, 2.45) is 5.92 Å². The molecule has 1 aliphatic carbocycles. The van der Waals surface area contributed by atoms with Crippen LogP contribution in [0.5, 0.6) is 11.5 Å². The highest BCUT2D eigenvalue weighted by atomic mass is 32.2. The number of rotatable bonds is 7. The number of nitrogens with one attached hydrogen (secondary N) is 4. The zero-order valence-electron chi connectivity index (χ0n) is 21.4. The fourth-order valence-corrected chi connectivity index (χ4v) is 7.38. The molecular formula is C29H31N5O4S. The molecule has 6 rings (SSSR count). The molecule has 10 heteroatoms. The predicted octanol–water partition coefficient (Wildman–Crippen LogP) is 3.61. The van der Waals surface area contributed by atoms with Gasteiger partial charge >= 0.3 is 6.03 Å². The summed E-state index contributed by atoms with van der Waals surface area (Å²) in [5.41, 5.74) is 1.50. The van der Waals surface area contributed by atoms with E-state index in [1.807, 2.05) is 59.5 Å². The van der Waals surface area contributed by atoms with Gasteiger partial charge in [0.1, 0.15) is 11.5 Å². The smallest absolute Gasteiger partial charge is 0.326 e. The highest BCUT2D eigenvalue weighted by Crippen LogP contribution is 2.48. The minimum Gasteiger partial charge on any atom is -0.457 e. The molecule has 202 valence electrons. The second-order valence-corrected chi connectivity index (χ2v) is 11.4. The van der Waals surface area contributed by atoms with E-state index in [9.17, 15) is 14.4 Å². The fraction of sp³-hybridized carbons (Fsp3) is 0.345. The molecule has 3 fully saturated rings. The molecule has 9 nitrogen and oxygen atoms in total. The van der Waals surface area contributed by atoms with Crippen LogP contribution in [0, 0.1) is 5.92 Å². The van der Waals surface area contributed by atoms with Gasteiger partial charge in [-0.2, -0.15) is 0 Å². The second kappa shape index (κ2) is 10.8. The largest absolute Gasteiger partial charge is 0.457 e. The zero-order valence-corrected chi connectivity index (χ0v) is 22.2. The molecule has 0 radical (unpaired) electrons. The minimum atomic E-state index is -0.232. The Morgan fingerprint density at radius 2 is 1.72 bits per heavy atom. The van der Waals surface area contributed by atoms with Crippen LogP contribution < -0.4 is 30.9 Å². The number of carbonyl (C=O) groups is 3. The summed E-state index contributed by atoms with van der Waals surface area (Å²) in [7, 11) is 0. The van der Waals surface area contributed by atoms with Crippen LogP contribution in [0.15, 0.2) is 77.9 Å². The maximum absolute atomic E-state index is 13.4. The average molecular weight is 546 g/mol. The lowest BCUT2D eigenvalue weighted by Gasteiger charge is -2.45. The molecule has 4 N–H and O–H groups in total. The lowest BCUT2D eigenvalue weighted by Crippen LogP contribution is -2.62. The number of urea groups is 1. The molecular weight excluding hydrogens is 514 g/mol. The monoisotopic (exact) mass is 545 g/mol. The Morgan fingerprint density at radius 3 is 2.46 bits per heavy atom. The minimum absolute atomic E-state index is 0.00601. The maximum atomic E-state index is 13.4. The number of anilines is 1. The summed E-state index contributed by atoms with van der Waals surface area (Å²) in [5.74, 6) is 1.06. The summed E-state index contributed by atoms with van der Waals surface area (Å²) in [6.07, 6.45) is 4.32. The van der Waals surface area contributed by atoms with Crippen molar-refractivity contribution in [1.29, 1.82) is 0 Å². The molecule has 1 saturated carbocycles. The number of thioether (sulfide) groups is 1. The Hall–Kier alpha value is -3.76. The Kier molecular flexibility index (Phi) is 7.05. The predicted molar refractivity (Wildman–Crippen MR) is 150 cm³/mol. The number of benzene rings is 2. The number of hydrogen-bond donors (Lipinski definition) is 4. The highest BCUT2D eigenvalue weighted by Gasteiger charge is 2.51. The Labute approximate surface area is 231 Å². The third-order valence-electron chi connectivity index (χ3n) is 7.74. The van der Waals surface area contributed by atoms with Crippen molar-refractivity contribution in [2.45, 2.75) is 49.2 Å². The Balaban J connectivity index is 1.17. The van der Waals surface area contributed by atoms with Gasteiger partial charge in [0.25, 0.3) is 5.91 Å². The molecule has 3 aliphatic heterocycles. The topological polar surface area (TPSA) is 112 Å². The van der Waals surface area contributed by atoms with Gasteiger partial charge in [-0.3, -0.25) is 14.5 Å². The van der Waals surface area contributed by atoms with Crippen LogP contribution in [-0.2, 0) is 9.59 Å². The molecule has 3 unspecified atom stereocenters. The first-order chi connectivity index (χ1) is 19.0. The molecule has 3 heterocycles. The number of para-hydroxylation sites is 1. The number of hydrogen-bond acceptors (Lipinski definition) is 6. The van der Waals surface area contributed by atoms with Crippen LogP contribution in [0.4, 0.5) is 10.5 Å². The number of nitrogens with zero attached hydrogens (tertiary/aromatic N) is 1. The first-order valence-electron chi connectivity index (χ1n) is 13.3. The van der Waals surface area contributed by atoms with E-state index in [1.165, 1.54) is 17.8 Å². The van der Waals surface area contributed by atoms with Gasteiger partial charge in [-0.25, -0.2) is 4.79 Å². The molecule has 2 aromatic carbocycles. The highest BCUT2D eigenvalue weighted by molar-refractivity contribution is 8.04. The standard InChI is InChI=1S/C29H31N5O4S/c1-2-23(35)31-17-8-9-18(16-17)32-27(36)26-25-24-22(14-15-30-28(24)39-26)34(29(37)33-25)19-10-12-21(13-11-19)38-20-6-4-3-5-7-20/h2-7,10-13,17-18,22,24,28,30H,1,8-9,14-16H2,(H,31,35)(H,32,36)(H,33,37)/t17-,18+,22?,24?,28?/m1/s1. The van der Waals surface area contributed by atoms with E-state index in [0.717, 1.165) is 37.2 Å². The summed E-state index contributed by atoms with van der Waals surface area (Å²) in [5, 5.41) is 12.6. The lowest BCUT2D eigenvalue weighted by molar-refractivity contribution is -0.117. The number of ether oxygens (including phenoxy) is 1. The average Bonchev–Trinajstić information content (AvgIpc) is 3.55. The van der Waals surface area contributed by atoms with E-state index in [4.69, 9.17) is 4.74 Å². The maximum Gasteiger partial charge on any atom is 0.326 e. The van der Waals surface area contributed by atoms with Crippen LogP contribution >= 0.6 is 11.8 Å². The molecule has 0 bridgehead atoms. The van der Waals surface area contributed by atoms with Crippen LogP contribution in [0.1, 0.15) is 25.7 Å².